The molecule has 0 aromatic heterocycles. The van der Waals surface area contributed by atoms with Crippen LogP contribution in [0.15, 0.2) is 24.3 Å². The predicted molar refractivity (Wildman–Crippen MR) is 49.7 cm³/mol. The number of para-hydroxylation sites is 2. The van der Waals surface area contributed by atoms with Crippen molar-refractivity contribution in [1.82, 2.24) is 0 Å². The van der Waals surface area contributed by atoms with E-state index in [0.717, 1.165) is 11.4 Å². The molecule has 0 radical (unpaired) electrons. The highest BCUT2D eigenvalue weighted by molar-refractivity contribution is 5.59. The van der Waals surface area contributed by atoms with Gasteiger partial charge in [-0.2, -0.15) is 5.26 Å². The molecular weight excluding hydrogens is 164 g/mol. The number of ether oxygens (including phenoxy) is 1. The van der Waals surface area contributed by atoms with Gasteiger partial charge in [-0.25, -0.2) is 0 Å². The fourth-order valence-corrected chi connectivity index (χ4v) is 1.48. The van der Waals surface area contributed by atoms with Crippen molar-refractivity contribution < 1.29 is 4.74 Å². The van der Waals surface area contributed by atoms with E-state index in [1.54, 1.807) is 0 Å². The molecule has 1 aliphatic rings. The Bertz CT molecular complexity index is 356. The molecular formula is C10H10N2O. The highest BCUT2D eigenvalue weighted by atomic mass is 16.5. The Labute approximate surface area is 77.2 Å². The van der Waals surface area contributed by atoms with E-state index in [1.165, 1.54) is 0 Å². The van der Waals surface area contributed by atoms with Crippen LogP contribution in [-0.4, -0.2) is 19.7 Å². The Morgan fingerprint density at radius 2 is 2.31 bits per heavy atom. The molecule has 0 saturated heterocycles. The molecule has 0 fully saturated rings. The van der Waals surface area contributed by atoms with Gasteiger partial charge in [0, 0.05) is 7.05 Å². The number of nitrogens with zero attached hydrogens (tertiary/aromatic N) is 2. The van der Waals surface area contributed by atoms with Crippen molar-refractivity contribution in [2.24, 2.45) is 0 Å². The Morgan fingerprint density at radius 1 is 1.54 bits per heavy atom. The normalized spacial score (nSPS) is 20.0. The number of anilines is 1. The van der Waals surface area contributed by atoms with Crippen LogP contribution in [0.1, 0.15) is 0 Å². The van der Waals surface area contributed by atoms with Gasteiger partial charge in [0.15, 0.2) is 0 Å². The molecule has 0 aliphatic carbocycles. The van der Waals surface area contributed by atoms with Gasteiger partial charge in [-0.3, -0.25) is 0 Å². The maximum absolute atomic E-state index is 8.73. The van der Waals surface area contributed by atoms with Gasteiger partial charge in [0.25, 0.3) is 0 Å². The van der Waals surface area contributed by atoms with Gasteiger partial charge in [-0.15, -0.1) is 0 Å². The summed E-state index contributed by atoms with van der Waals surface area (Å²) in [5.41, 5.74) is 1.05. The lowest BCUT2D eigenvalue weighted by Crippen LogP contribution is -2.36. The first-order valence-electron chi connectivity index (χ1n) is 4.17. The monoisotopic (exact) mass is 174 g/mol. The highest BCUT2D eigenvalue weighted by Gasteiger charge is 2.21. The van der Waals surface area contributed by atoms with Crippen molar-refractivity contribution >= 4 is 5.69 Å². The quantitative estimate of drug-likeness (QED) is 0.596. The zero-order chi connectivity index (χ0) is 9.26. The molecule has 3 heteroatoms. The topological polar surface area (TPSA) is 36.3 Å². The summed E-state index contributed by atoms with van der Waals surface area (Å²) in [6.07, 6.45) is -0.347. The van der Waals surface area contributed by atoms with Crippen molar-refractivity contribution in [3.8, 4) is 11.8 Å². The Hall–Kier alpha value is -1.69. The molecule has 1 unspecified atom stereocenters. The lowest BCUT2D eigenvalue weighted by atomic mass is 10.2. The van der Waals surface area contributed by atoms with Gasteiger partial charge in [0.2, 0.25) is 6.10 Å². The smallest absolute Gasteiger partial charge is 0.201 e. The maximum Gasteiger partial charge on any atom is 0.201 e. The summed E-state index contributed by atoms with van der Waals surface area (Å²) in [4.78, 5) is 2.03. The largest absolute Gasteiger partial charge is 0.472 e. The van der Waals surface area contributed by atoms with Crippen LogP contribution in [0.4, 0.5) is 5.69 Å². The first kappa shape index (κ1) is 7.93. The Balaban J connectivity index is 2.38. The van der Waals surface area contributed by atoms with E-state index in [-0.39, 0.29) is 6.10 Å². The van der Waals surface area contributed by atoms with Gasteiger partial charge in [0.05, 0.1) is 12.2 Å². The van der Waals surface area contributed by atoms with E-state index in [9.17, 15) is 0 Å². The standard InChI is InChI=1S/C10H10N2O/c1-12-7-8(6-11)13-10-5-3-2-4-9(10)12/h2-5,8H,7H2,1H3. The van der Waals surface area contributed by atoms with Gasteiger partial charge in [-0.05, 0) is 12.1 Å². The molecule has 1 atom stereocenters. The lowest BCUT2D eigenvalue weighted by molar-refractivity contribution is 0.248. The van der Waals surface area contributed by atoms with Crippen LogP contribution in [0.25, 0.3) is 0 Å². The van der Waals surface area contributed by atoms with Crippen LogP contribution in [-0.2, 0) is 0 Å². The molecule has 13 heavy (non-hydrogen) atoms. The molecule has 0 amide bonds. The first-order chi connectivity index (χ1) is 6.31. The molecule has 1 aromatic carbocycles. The van der Waals surface area contributed by atoms with E-state index < -0.39 is 0 Å². The SMILES string of the molecule is CN1CC(C#N)Oc2ccccc21. The molecule has 0 saturated carbocycles. The molecule has 2 rings (SSSR count). The Kier molecular flexibility index (Phi) is 1.82. The van der Waals surface area contributed by atoms with Crippen molar-refractivity contribution in [2.45, 2.75) is 6.10 Å². The molecule has 1 aliphatic heterocycles. The molecule has 66 valence electrons. The van der Waals surface area contributed by atoms with E-state index in [4.69, 9.17) is 10.00 Å². The number of hydrogen-bond donors (Lipinski definition) is 0. The predicted octanol–water partition coefficient (Wildman–Crippen LogP) is 1.41. The van der Waals surface area contributed by atoms with Crippen LogP contribution in [0.5, 0.6) is 5.75 Å². The van der Waals surface area contributed by atoms with E-state index in [2.05, 4.69) is 6.07 Å². The van der Waals surface area contributed by atoms with Crippen molar-refractivity contribution in [2.75, 3.05) is 18.5 Å². The van der Waals surface area contributed by atoms with E-state index in [1.807, 2.05) is 36.2 Å². The number of hydrogen-bond acceptors (Lipinski definition) is 3. The highest BCUT2D eigenvalue weighted by Crippen LogP contribution is 2.31. The average Bonchev–Trinajstić information content (AvgIpc) is 2.18. The first-order valence-corrected chi connectivity index (χ1v) is 4.17. The fourth-order valence-electron chi connectivity index (χ4n) is 1.48. The summed E-state index contributed by atoms with van der Waals surface area (Å²) < 4.78 is 5.45. The summed E-state index contributed by atoms with van der Waals surface area (Å²) >= 11 is 0. The van der Waals surface area contributed by atoms with Crippen molar-refractivity contribution in [3.05, 3.63) is 24.3 Å². The van der Waals surface area contributed by atoms with Crippen LogP contribution < -0.4 is 9.64 Å². The van der Waals surface area contributed by atoms with Gasteiger partial charge >= 0.3 is 0 Å². The molecule has 1 heterocycles. The third-order valence-corrected chi connectivity index (χ3v) is 2.13. The van der Waals surface area contributed by atoms with Gasteiger partial charge < -0.3 is 9.64 Å². The minimum atomic E-state index is -0.347. The Morgan fingerprint density at radius 3 is 3.08 bits per heavy atom. The number of fused-ring (bicyclic) bond motifs is 1. The fraction of sp³-hybridized carbons (Fsp3) is 0.300. The minimum Gasteiger partial charge on any atom is -0.472 e. The second-order valence-corrected chi connectivity index (χ2v) is 3.08. The zero-order valence-corrected chi connectivity index (χ0v) is 7.40. The summed E-state index contributed by atoms with van der Waals surface area (Å²) in [7, 11) is 1.96. The summed E-state index contributed by atoms with van der Waals surface area (Å²) in [6.45, 7) is 0.632. The van der Waals surface area contributed by atoms with Crippen molar-refractivity contribution in [3.63, 3.8) is 0 Å². The number of benzene rings is 1. The van der Waals surface area contributed by atoms with Gasteiger partial charge in [-0.1, -0.05) is 12.1 Å². The molecule has 0 spiro atoms. The molecule has 0 bridgehead atoms. The minimum absolute atomic E-state index is 0.347. The van der Waals surface area contributed by atoms with Crippen LogP contribution in [0, 0.1) is 11.3 Å². The van der Waals surface area contributed by atoms with Crippen LogP contribution >= 0.6 is 0 Å². The van der Waals surface area contributed by atoms with E-state index in [0.29, 0.717) is 6.54 Å². The lowest BCUT2D eigenvalue weighted by Gasteiger charge is -2.30. The molecule has 3 nitrogen and oxygen atoms in total. The zero-order valence-electron chi connectivity index (χ0n) is 7.40. The average molecular weight is 174 g/mol. The number of likely N-dealkylation sites (N-methyl/N-ethyl adjacent to an activating group) is 1. The van der Waals surface area contributed by atoms with Gasteiger partial charge in [0.1, 0.15) is 11.8 Å². The summed E-state index contributed by atoms with van der Waals surface area (Å²) in [6, 6.07) is 9.86. The van der Waals surface area contributed by atoms with Crippen LogP contribution in [0.2, 0.25) is 0 Å². The molecule has 0 N–H and O–H groups in total. The number of rotatable bonds is 0. The van der Waals surface area contributed by atoms with Crippen LogP contribution in [0.3, 0.4) is 0 Å². The van der Waals surface area contributed by atoms with E-state index >= 15 is 0 Å². The maximum atomic E-state index is 8.73. The number of nitriles is 1. The second-order valence-electron chi connectivity index (χ2n) is 3.08. The second kappa shape index (κ2) is 2.98. The van der Waals surface area contributed by atoms with Crippen molar-refractivity contribution in [1.29, 1.82) is 5.26 Å². The summed E-state index contributed by atoms with van der Waals surface area (Å²) in [5.74, 6) is 0.794. The summed E-state index contributed by atoms with van der Waals surface area (Å²) in [5, 5.41) is 8.73. The molecule has 1 aromatic rings. The third kappa shape index (κ3) is 1.31. The third-order valence-electron chi connectivity index (χ3n) is 2.13.